The summed E-state index contributed by atoms with van der Waals surface area (Å²) in [5.41, 5.74) is 5.95. The lowest BCUT2D eigenvalue weighted by atomic mass is 9.99. The number of carboxylic acid groups (broad SMARTS) is 1. The number of hydrogen-bond acceptors (Lipinski definition) is 6. The van der Waals surface area contributed by atoms with Gasteiger partial charge in [0.2, 0.25) is 0 Å². The van der Waals surface area contributed by atoms with Crippen molar-refractivity contribution in [3.05, 3.63) is 35.3 Å². The molecule has 0 radical (unpaired) electrons. The van der Waals surface area contributed by atoms with Gasteiger partial charge in [-0.3, -0.25) is 9.69 Å². The Labute approximate surface area is 157 Å². The van der Waals surface area contributed by atoms with Crippen LogP contribution < -0.4 is 10.5 Å². The Hall–Kier alpha value is -1.96. The van der Waals surface area contributed by atoms with Gasteiger partial charge in [0.1, 0.15) is 16.3 Å². The Balaban J connectivity index is 1.47. The first-order valence-corrected chi connectivity index (χ1v) is 9.71. The fraction of sp³-hybridized carbons (Fsp3) is 0.474. The van der Waals surface area contributed by atoms with E-state index in [2.05, 4.69) is 9.88 Å². The van der Waals surface area contributed by atoms with E-state index in [1.165, 1.54) is 0 Å². The summed E-state index contributed by atoms with van der Waals surface area (Å²) in [5.74, 6) is 0.0817. The van der Waals surface area contributed by atoms with Crippen molar-refractivity contribution in [3.63, 3.8) is 0 Å². The second-order valence-corrected chi connectivity index (χ2v) is 7.85. The molecule has 1 fully saturated rings. The van der Waals surface area contributed by atoms with Crippen molar-refractivity contribution >= 4 is 17.3 Å². The van der Waals surface area contributed by atoms with Gasteiger partial charge in [0.15, 0.2) is 0 Å². The minimum Gasteiger partial charge on any atom is -0.494 e. The second kappa shape index (κ2) is 8.16. The number of aromatic nitrogens is 1. The molecule has 1 aromatic heterocycles. The third-order valence-corrected chi connectivity index (χ3v) is 6.02. The van der Waals surface area contributed by atoms with E-state index in [1.807, 2.05) is 37.4 Å². The van der Waals surface area contributed by atoms with E-state index in [9.17, 15) is 9.90 Å². The number of rotatable bonds is 8. The quantitative estimate of drug-likeness (QED) is 0.690. The molecule has 2 heterocycles. The molecule has 26 heavy (non-hydrogen) atoms. The van der Waals surface area contributed by atoms with Crippen molar-refractivity contribution in [1.29, 1.82) is 0 Å². The summed E-state index contributed by atoms with van der Waals surface area (Å²) < 4.78 is 5.80. The third kappa shape index (κ3) is 4.06. The van der Waals surface area contributed by atoms with Gasteiger partial charge >= 0.3 is 5.97 Å². The Morgan fingerprint density at radius 1 is 1.42 bits per heavy atom. The van der Waals surface area contributed by atoms with Crippen molar-refractivity contribution < 1.29 is 14.6 Å². The van der Waals surface area contributed by atoms with Crippen LogP contribution in [0, 0.1) is 0 Å². The largest absolute Gasteiger partial charge is 0.494 e. The van der Waals surface area contributed by atoms with E-state index in [0.717, 1.165) is 47.1 Å². The van der Waals surface area contributed by atoms with Crippen LogP contribution >= 0.6 is 11.3 Å². The predicted octanol–water partition coefficient (Wildman–Crippen LogP) is 2.98. The Bertz CT molecular complexity index is 747. The molecule has 3 N–H and O–H groups in total. The zero-order chi connectivity index (χ0) is 18.6. The Morgan fingerprint density at radius 2 is 2.19 bits per heavy atom. The molecule has 3 rings (SSSR count). The number of thiazole rings is 1. The van der Waals surface area contributed by atoms with Gasteiger partial charge < -0.3 is 15.6 Å². The van der Waals surface area contributed by atoms with Crippen LogP contribution in [0.5, 0.6) is 5.75 Å². The second-order valence-electron chi connectivity index (χ2n) is 6.73. The summed E-state index contributed by atoms with van der Waals surface area (Å²) in [6, 6.07) is 7.87. The maximum Gasteiger partial charge on any atom is 0.323 e. The van der Waals surface area contributed by atoms with Crippen molar-refractivity contribution in [2.24, 2.45) is 5.73 Å². The molecule has 0 unspecified atom stereocenters. The number of ether oxygens (including phenoxy) is 1. The van der Waals surface area contributed by atoms with Crippen molar-refractivity contribution in [2.45, 2.75) is 38.3 Å². The zero-order valence-electron chi connectivity index (χ0n) is 15.0. The van der Waals surface area contributed by atoms with E-state index in [-0.39, 0.29) is 0 Å². The molecule has 1 atom stereocenters. The summed E-state index contributed by atoms with van der Waals surface area (Å²) in [7, 11) is 0. The molecular formula is C19H25N3O3S. The van der Waals surface area contributed by atoms with Crippen LogP contribution in [0.25, 0.3) is 10.6 Å². The Kier molecular flexibility index (Phi) is 5.90. The number of benzene rings is 1. The molecule has 1 saturated heterocycles. The minimum absolute atomic E-state index is 0.511. The van der Waals surface area contributed by atoms with Crippen molar-refractivity contribution in [1.82, 2.24) is 9.88 Å². The molecule has 1 aliphatic heterocycles. The molecular weight excluding hydrogens is 350 g/mol. The molecule has 7 heteroatoms. The number of aliphatic carboxylic acids is 1. The minimum atomic E-state index is -0.730. The van der Waals surface area contributed by atoms with E-state index >= 15 is 0 Å². The maximum atomic E-state index is 11.5. The van der Waals surface area contributed by atoms with Gasteiger partial charge in [-0.25, -0.2) is 4.98 Å². The first-order valence-electron chi connectivity index (χ1n) is 8.89. The van der Waals surface area contributed by atoms with Crippen LogP contribution in [0.3, 0.4) is 0 Å². The third-order valence-electron chi connectivity index (χ3n) is 4.95. The van der Waals surface area contributed by atoms with E-state index in [0.29, 0.717) is 19.6 Å². The molecule has 1 aromatic carbocycles. The molecule has 0 bridgehead atoms. The van der Waals surface area contributed by atoms with Crippen LogP contribution in [0.4, 0.5) is 0 Å². The SMILES string of the molecule is C[C@@]1(C(=O)O)CCCN1CCCOc1ccc(-c2ncc(CN)s2)cc1. The predicted molar refractivity (Wildman–Crippen MR) is 102 cm³/mol. The highest BCUT2D eigenvalue weighted by molar-refractivity contribution is 7.15. The van der Waals surface area contributed by atoms with Gasteiger partial charge in [0.25, 0.3) is 0 Å². The van der Waals surface area contributed by atoms with Gasteiger partial charge in [-0.05, 0) is 57.0 Å². The summed E-state index contributed by atoms with van der Waals surface area (Å²) >= 11 is 1.60. The normalized spacial score (nSPS) is 20.4. The fourth-order valence-corrected chi connectivity index (χ4v) is 4.09. The monoisotopic (exact) mass is 375 g/mol. The molecule has 2 aromatic rings. The highest BCUT2D eigenvalue weighted by Gasteiger charge is 2.42. The van der Waals surface area contributed by atoms with Crippen molar-refractivity contribution in [3.8, 4) is 16.3 Å². The van der Waals surface area contributed by atoms with E-state index in [1.54, 1.807) is 11.3 Å². The zero-order valence-corrected chi connectivity index (χ0v) is 15.8. The first-order chi connectivity index (χ1) is 12.5. The first kappa shape index (κ1) is 18.8. The number of hydrogen-bond donors (Lipinski definition) is 2. The summed E-state index contributed by atoms with van der Waals surface area (Å²) in [4.78, 5) is 19.0. The number of nitrogens with two attached hydrogens (primary N) is 1. The fourth-order valence-electron chi connectivity index (χ4n) is 3.29. The lowest BCUT2D eigenvalue weighted by Crippen LogP contribution is -2.48. The standard InChI is InChI=1S/C19H25N3O3S/c1-19(18(23)24)8-2-9-22(19)10-3-11-25-15-6-4-14(5-7-15)17-21-13-16(12-20)26-17/h4-7,13H,2-3,8-12,20H2,1H3,(H,23,24)/t19-/m0/s1. The maximum absolute atomic E-state index is 11.5. The van der Waals surface area contributed by atoms with Crippen molar-refractivity contribution in [2.75, 3.05) is 19.7 Å². The highest BCUT2D eigenvalue weighted by atomic mass is 32.1. The van der Waals surface area contributed by atoms with Crippen LogP contribution in [0.1, 0.15) is 31.1 Å². The molecule has 140 valence electrons. The lowest BCUT2D eigenvalue weighted by Gasteiger charge is -2.31. The van der Waals surface area contributed by atoms with Gasteiger partial charge in [0, 0.05) is 29.7 Å². The van der Waals surface area contributed by atoms with Gasteiger partial charge in [-0.1, -0.05) is 0 Å². The van der Waals surface area contributed by atoms with Crippen LogP contribution in [-0.2, 0) is 11.3 Å². The Morgan fingerprint density at radius 3 is 2.85 bits per heavy atom. The molecule has 0 saturated carbocycles. The topological polar surface area (TPSA) is 88.7 Å². The molecule has 1 aliphatic rings. The average molecular weight is 375 g/mol. The summed E-state index contributed by atoms with van der Waals surface area (Å²) in [5, 5.41) is 10.4. The number of nitrogens with zero attached hydrogens (tertiary/aromatic N) is 2. The number of carboxylic acids is 1. The van der Waals surface area contributed by atoms with E-state index in [4.69, 9.17) is 10.5 Å². The average Bonchev–Trinajstić information content (AvgIpc) is 3.27. The summed E-state index contributed by atoms with van der Waals surface area (Å²) in [6.45, 7) is 4.48. The van der Waals surface area contributed by atoms with Crippen LogP contribution in [0.15, 0.2) is 30.5 Å². The van der Waals surface area contributed by atoms with Gasteiger partial charge in [-0.2, -0.15) is 0 Å². The number of carbonyl (C=O) groups is 1. The van der Waals surface area contributed by atoms with E-state index < -0.39 is 11.5 Å². The van der Waals surface area contributed by atoms with Crippen LogP contribution in [-0.4, -0.2) is 46.2 Å². The van der Waals surface area contributed by atoms with Gasteiger partial charge in [0.05, 0.1) is 6.61 Å². The van der Waals surface area contributed by atoms with Crippen LogP contribution in [0.2, 0.25) is 0 Å². The smallest absolute Gasteiger partial charge is 0.323 e. The molecule has 0 spiro atoms. The molecule has 0 aliphatic carbocycles. The molecule has 0 amide bonds. The highest BCUT2D eigenvalue weighted by Crippen LogP contribution is 2.29. The van der Waals surface area contributed by atoms with Gasteiger partial charge in [-0.15, -0.1) is 11.3 Å². The molecule has 6 nitrogen and oxygen atoms in total. The summed E-state index contributed by atoms with van der Waals surface area (Å²) in [6.07, 6.45) is 4.27. The number of likely N-dealkylation sites (tertiary alicyclic amines) is 1. The lowest BCUT2D eigenvalue weighted by molar-refractivity contribution is -0.148.